The molecule has 0 saturated carbocycles. The minimum Gasteiger partial charge on any atom is -0.489 e. The second kappa shape index (κ2) is 7.24. The summed E-state index contributed by atoms with van der Waals surface area (Å²) in [5.41, 5.74) is 2.17. The van der Waals surface area contributed by atoms with Crippen LogP contribution in [0, 0.1) is 10.1 Å². The van der Waals surface area contributed by atoms with Gasteiger partial charge in [-0.1, -0.05) is 24.3 Å². The van der Waals surface area contributed by atoms with Crippen LogP contribution in [-0.4, -0.2) is 22.9 Å². The molecule has 23 heavy (non-hydrogen) atoms. The van der Waals surface area contributed by atoms with Crippen LogP contribution in [0.15, 0.2) is 48.5 Å². The van der Waals surface area contributed by atoms with Crippen molar-refractivity contribution in [2.45, 2.75) is 26.0 Å². The third kappa shape index (κ3) is 4.29. The van der Waals surface area contributed by atoms with Gasteiger partial charge in [-0.15, -0.1) is 0 Å². The van der Waals surface area contributed by atoms with Gasteiger partial charge in [-0.05, 0) is 49.2 Å². The summed E-state index contributed by atoms with van der Waals surface area (Å²) in [5.74, 6) is 0.779. The molecular formula is C18H20N2O3. The Morgan fingerprint density at radius 2 is 1.78 bits per heavy atom. The first-order valence-corrected chi connectivity index (χ1v) is 7.88. The number of rotatable bonds is 6. The van der Waals surface area contributed by atoms with Crippen molar-refractivity contribution in [3.63, 3.8) is 0 Å². The maximum absolute atomic E-state index is 10.8. The van der Waals surface area contributed by atoms with Gasteiger partial charge in [0.2, 0.25) is 0 Å². The summed E-state index contributed by atoms with van der Waals surface area (Å²) in [6.45, 7) is 3.69. The average Bonchev–Trinajstić information content (AvgIpc) is 3.07. The highest BCUT2D eigenvalue weighted by Gasteiger charge is 2.11. The Morgan fingerprint density at radius 3 is 2.48 bits per heavy atom. The third-order valence-electron chi connectivity index (χ3n) is 4.06. The predicted octanol–water partition coefficient (Wildman–Crippen LogP) is 3.77. The van der Waals surface area contributed by atoms with Crippen molar-refractivity contribution in [2.75, 3.05) is 13.1 Å². The molecule has 5 nitrogen and oxygen atoms in total. The van der Waals surface area contributed by atoms with Gasteiger partial charge in [0.25, 0.3) is 5.69 Å². The fraction of sp³-hybridized carbons (Fsp3) is 0.333. The minimum absolute atomic E-state index is 0.0899. The number of non-ortho nitro benzene ring substituents is 1. The quantitative estimate of drug-likeness (QED) is 0.602. The Labute approximate surface area is 135 Å². The Kier molecular flexibility index (Phi) is 4.88. The van der Waals surface area contributed by atoms with Crippen LogP contribution < -0.4 is 4.74 Å². The van der Waals surface area contributed by atoms with E-state index in [0.717, 1.165) is 17.9 Å². The normalized spacial score (nSPS) is 14.8. The molecule has 1 aliphatic heterocycles. The van der Waals surface area contributed by atoms with E-state index in [1.807, 2.05) is 18.2 Å². The molecule has 0 spiro atoms. The van der Waals surface area contributed by atoms with Crippen LogP contribution in [-0.2, 0) is 13.2 Å². The zero-order valence-corrected chi connectivity index (χ0v) is 13.0. The molecule has 1 fully saturated rings. The number of hydrogen-bond donors (Lipinski definition) is 0. The maximum Gasteiger partial charge on any atom is 0.269 e. The topological polar surface area (TPSA) is 55.6 Å². The monoisotopic (exact) mass is 312 g/mol. The van der Waals surface area contributed by atoms with Crippen LogP contribution in [0.4, 0.5) is 5.69 Å². The van der Waals surface area contributed by atoms with Crippen molar-refractivity contribution in [3.05, 3.63) is 69.8 Å². The number of nitro benzene ring substituents is 1. The number of nitro groups is 1. The lowest BCUT2D eigenvalue weighted by molar-refractivity contribution is -0.384. The van der Waals surface area contributed by atoms with E-state index in [0.29, 0.717) is 6.61 Å². The van der Waals surface area contributed by atoms with Crippen molar-refractivity contribution >= 4 is 5.69 Å². The van der Waals surface area contributed by atoms with Crippen molar-refractivity contribution < 1.29 is 9.66 Å². The van der Waals surface area contributed by atoms with E-state index in [1.54, 1.807) is 12.1 Å². The molecule has 0 aromatic heterocycles. The molecule has 0 radical (unpaired) electrons. The summed E-state index contributed by atoms with van der Waals surface area (Å²) in [5, 5.41) is 10.8. The molecule has 0 amide bonds. The van der Waals surface area contributed by atoms with Gasteiger partial charge in [-0.25, -0.2) is 0 Å². The molecule has 0 atom stereocenters. The van der Waals surface area contributed by atoms with Crippen LogP contribution in [0.25, 0.3) is 0 Å². The van der Waals surface area contributed by atoms with Gasteiger partial charge < -0.3 is 4.74 Å². The molecule has 1 saturated heterocycles. The second-order valence-electron chi connectivity index (χ2n) is 5.84. The van der Waals surface area contributed by atoms with E-state index in [9.17, 15) is 10.1 Å². The number of likely N-dealkylation sites (tertiary alicyclic amines) is 1. The minimum atomic E-state index is -0.392. The van der Waals surface area contributed by atoms with Gasteiger partial charge in [-0.3, -0.25) is 15.0 Å². The Hall–Kier alpha value is -2.40. The highest BCUT2D eigenvalue weighted by molar-refractivity contribution is 5.34. The fourth-order valence-electron chi connectivity index (χ4n) is 2.82. The predicted molar refractivity (Wildman–Crippen MR) is 88.4 cm³/mol. The highest BCUT2D eigenvalue weighted by atomic mass is 16.6. The smallest absolute Gasteiger partial charge is 0.269 e. The van der Waals surface area contributed by atoms with Crippen molar-refractivity contribution in [1.29, 1.82) is 0 Å². The summed E-state index contributed by atoms with van der Waals surface area (Å²) in [4.78, 5) is 12.8. The molecular weight excluding hydrogens is 292 g/mol. The van der Waals surface area contributed by atoms with Gasteiger partial charge in [0.05, 0.1) is 4.92 Å². The van der Waals surface area contributed by atoms with E-state index in [4.69, 9.17) is 4.74 Å². The second-order valence-corrected chi connectivity index (χ2v) is 5.84. The first kappa shape index (κ1) is 15.5. The van der Waals surface area contributed by atoms with Crippen molar-refractivity contribution in [1.82, 2.24) is 4.90 Å². The van der Waals surface area contributed by atoms with E-state index in [1.165, 1.54) is 37.6 Å². The average molecular weight is 312 g/mol. The standard InChI is InChI=1S/C18H20N2O3/c21-20(22)17-5-3-4-16(12-17)14-23-18-8-6-15(7-9-18)13-19-10-1-2-11-19/h3-9,12H,1-2,10-11,13-14H2. The maximum atomic E-state index is 10.8. The molecule has 2 aromatic rings. The zero-order valence-electron chi connectivity index (χ0n) is 13.0. The van der Waals surface area contributed by atoms with Crippen molar-refractivity contribution in [2.24, 2.45) is 0 Å². The molecule has 0 bridgehead atoms. The molecule has 2 aromatic carbocycles. The molecule has 0 unspecified atom stereocenters. The Morgan fingerprint density at radius 1 is 1.04 bits per heavy atom. The SMILES string of the molecule is O=[N+]([O-])c1cccc(COc2ccc(CN3CCCC3)cc2)c1. The Bertz CT molecular complexity index is 664. The molecule has 1 heterocycles. The van der Waals surface area contributed by atoms with Crippen LogP contribution in [0.5, 0.6) is 5.75 Å². The summed E-state index contributed by atoms with van der Waals surface area (Å²) in [6, 6.07) is 14.6. The van der Waals surface area contributed by atoms with Gasteiger partial charge in [0, 0.05) is 18.7 Å². The largest absolute Gasteiger partial charge is 0.489 e. The lowest BCUT2D eigenvalue weighted by atomic mass is 10.2. The number of hydrogen-bond acceptors (Lipinski definition) is 4. The summed E-state index contributed by atoms with van der Waals surface area (Å²) >= 11 is 0. The van der Waals surface area contributed by atoms with Crippen molar-refractivity contribution in [3.8, 4) is 5.75 Å². The summed E-state index contributed by atoms with van der Waals surface area (Å²) in [7, 11) is 0. The molecule has 0 N–H and O–H groups in total. The molecule has 3 rings (SSSR count). The molecule has 5 heteroatoms. The van der Waals surface area contributed by atoms with Gasteiger partial charge >= 0.3 is 0 Å². The molecule has 0 aliphatic carbocycles. The first-order valence-electron chi connectivity index (χ1n) is 7.88. The number of nitrogens with zero attached hydrogens (tertiary/aromatic N) is 2. The van der Waals surface area contributed by atoms with Gasteiger partial charge in [0.1, 0.15) is 12.4 Å². The van der Waals surface area contributed by atoms with Crippen LogP contribution >= 0.6 is 0 Å². The lowest BCUT2D eigenvalue weighted by Crippen LogP contribution is -2.18. The molecule has 1 aliphatic rings. The highest BCUT2D eigenvalue weighted by Crippen LogP contribution is 2.19. The third-order valence-corrected chi connectivity index (χ3v) is 4.06. The molecule has 120 valence electrons. The number of benzene rings is 2. The fourth-order valence-corrected chi connectivity index (χ4v) is 2.82. The zero-order chi connectivity index (χ0) is 16.1. The Balaban J connectivity index is 1.55. The van der Waals surface area contributed by atoms with E-state index >= 15 is 0 Å². The van der Waals surface area contributed by atoms with E-state index in [2.05, 4.69) is 17.0 Å². The van der Waals surface area contributed by atoms with Crippen LogP contribution in [0.2, 0.25) is 0 Å². The van der Waals surface area contributed by atoms with Crippen LogP contribution in [0.3, 0.4) is 0 Å². The summed E-state index contributed by atoms with van der Waals surface area (Å²) in [6.07, 6.45) is 2.59. The van der Waals surface area contributed by atoms with E-state index < -0.39 is 4.92 Å². The van der Waals surface area contributed by atoms with Gasteiger partial charge in [0.15, 0.2) is 0 Å². The van der Waals surface area contributed by atoms with E-state index in [-0.39, 0.29) is 5.69 Å². The van der Waals surface area contributed by atoms with Gasteiger partial charge in [-0.2, -0.15) is 0 Å². The summed E-state index contributed by atoms with van der Waals surface area (Å²) < 4.78 is 5.72. The van der Waals surface area contributed by atoms with Crippen LogP contribution in [0.1, 0.15) is 24.0 Å². The number of ether oxygens (including phenoxy) is 1. The lowest BCUT2D eigenvalue weighted by Gasteiger charge is -2.14. The first-order chi connectivity index (χ1) is 11.2.